The van der Waals surface area contributed by atoms with Gasteiger partial charge in [-0.25, -0.2) is 9.18 Å². The van der Waals surface area contributed by atoms with Crippen molar-refractivity contribution in [1.82, 2.24) is 20.0 Å². The van der Waals surface area contributed by atoms with Crippen LogP contribution >= 0.6 is 0 Å². The summed E-state index contributed by atoms with van der Waals surface area (Å²) in [4.78, 5) is 46.3. The molecule has 2 aliphatic carbocycles. The van der Waals surface area contributed by atoms with E-state index in [9.17, 15) is 24.0 Å². The molecule has 10 heteroatoms. The first-order valence-corrected chi connectivity index (χ1v) is 14.6. The molecule has 6 rings (SSSR count). The van der Waals surface area contributed by atoms with Gasteiger partial charge in [0.05, 0.1) is 17.6 Å². The second-order valence-corrected chi connectivity index (χ2v) is 13.2. The van der Waals surface area contributed by atoms with Gasteiger partial charge in [-0.15, -0.1) is 0 Å². The Kier molecular flexibility index (Phi) is 6.56. The Labute approximate surface area is 234 Å². The van der Waals surface area contributed by atoms with Gasteiger partial charge in [0, 0.05) is 25.2 Å². The topological polar surface area (TPSA) is 106 Å². The number of hydrogen-bond donors (Lipinski definition) is 1. The number of carbonyl (C=O) groups excluding carboxylic acids is 3. The standard InChI is InChI=1S/C30H38FN5O4/c1-29(2,3)40-28(39)33-23(26(37)35-21(15-32)12-18-13-24(18)35)17-34-16-22-14-25(34)27(38)36(22)30(10-4-5-11-30)19-6-8-20(31)9-7-19/h6-9,18,21-25H,4-5,10-14,16-17H2,1-3H3,(H,33,39)/t18-,21+,22+,23+,24+,25+/m1/s1. The number of halogens is 1. The maximum atomic E-state index is 13.9. The highest BCUT2D eigenvalue weighted by atomic mass is 19.1. The molecule has 3 heterocycles. The molecule has 0 spiro atoms. The lowest BCUT2D eigenvalue weighted by atomic mass is 9.85. The maximum absolute atomic E-state index is 13.9. The Balaban J connectivity index is 1.21. The molecule has 2 bridgehead atoms. The Bertz CT molecular complexity index is 1230. The number of nitriles is 1. The van der Waals surface area contributed by atoms with Gasteiger partial charge in [0.2, 0.25) is 11.8 Å². The van der Waals surface area contributed by atoms with Crippen LogP contribution in [0.4, 0.5) is 9.18 Å². The summed E-state index contributed by atoms with van der Waals surface area (Å²) < 4.78 is 19.2. The van der Waals surface area contributed by atoms with E-state index in [1.807, 2.05) is 21.9 Å². The summed E-state index contributed by atoms with van der Waals surface area (Å²) in [5, 5.41) is 12.5. The fraction of sp³-hybridized carbons (Fsp3) is 0.667. The molecule has 0 radical (unpaired) electrons. The maximum Gasteiger partial charge on any atom is 0.408 e. The third kappa shape index (κ3) is 4.62. The molecule has 9 nitrogen and oxygen atoms in total. The van der Waals surface area contributed by atoms with Crippen LogP contribution in [0, 0.1) is 23.1 Å². The molecular formula is C30H38FN5O4. The Morgan fingerprint density at radius 3 is 2.50 bits per heavy atom. The molecule has 3 aliphatic heterocycles. The van der Waals surface area contributed by atoms with E-state index in [1.54, 1.807) is 25.7 Å². The number of nitrogens with zero attached hydrogens (tertiary/aromatic N) is 4. The second-order valence-electron chi connectivity index (χ2n) is 13.2. The molecule has 214 valence electrons. The summed E-state index contributed by atoms with van der Waals surface area (Å²) in [5.41, 5.74) is -0.188. The van der Waals surface area contributed by atoms with Gasteiger partial charge in [-0.3, -0.25) is 14.5 Å². The predicted octanol–water partition coefficient (Wildman–Crippen LogP) is 3.29. The number of alkyl carbamates (subject to hydrolysis) is 1. The number of nitrogens with one attached hydrogen (secondary N) is 1. The fourth-order valence-corrected chi connectivity index (χ4v) is 7.75. The summed E-state index contributed by atoms with van der Waals surface area (Å²) in [6.07, 6.45) is 5.24. The van der Waals surface area contributed by atoms with Crippen molar-refractivity contribution in [2.45, 2.75) is 107 Å². The average molecular weight is 552 g/mol. The first-order chi connectivity index (χ1) is 19.0. The SMILES string of the molecule is CC(C)(C)OC(=O)N[C@@H](CN1C[C@@H]2C[C@H]1C(=O)N2C1(c2ccc(F)cc2)CCCC1)C(=O)N1[C@H](C#N)C[C@@H]2C[C@@H]21. The van der Waals surface area contributed by atoms with E-state index in [0.29, 0.717) is 25.3 Å². The summed E-state index contributed by atoms with van der Waals surface area (Å²) in [5.74, 6) is -0.195. The predicted molar refractivity (Wildman–Crippen MR) is 143 cm³/mol. The summed E-state index contributed by atoms with van der Waals surface area (Å²) in [6.45, 7) is 6.05. The molecule has 0 unspecified atom stereocenters. The van der Waals surface area contributed by atoms with E-state index < -0.39 is 35.4 Å². The van der Waals surface area contributed by atoms with Gasteiger partial charge >= 0.3 is 6.09 Å². The van der Waals surface area contributed by atoms with Gasteiger partial charge in [-0.1, -0.05) is 25.0 Å². The normalized spacial score (nSPS) is 31.2. The van der Waals surface area contributed by atoms with Crippen molar-refractivity contribution < 1.29 is 23.5 Å². The Morgan fingerprint density at radius 1 is 1.18 bits per heavy atom. The number of piperidine rings is 1. The van der Waals surface area contributed by atoms with Crippen LogP contribution in [0.3, 0.4) is 0 Å². The number of fused-ring (bicyclic) bond motifs is 3. The van der Waals surface area contributed by atoms with E-state index in [4.69, 9.17) is 4.74 Å². The quantitative estimate of drug-likeness (QED) is 0.582. The number of likely N-dealkylation sites (tertiary alicyclic amines) is 3. The van der Waals surface area contributed by atoms with E-state index in [0.717, 1.165) is 37.7 Å². The first kappa shape index (κ1) is 27.0. The van der Waals surface area contributed by atoms with Crippen LogP contribution in [0.15, 0.2) is 24.3 Å². The van der Waals surface area contributed by atoms with Crippen LogP contribution in [0.5, 0.6) is 0 Å². The number of hydrogen-bond acceptors (Lipinski definition) is 6. The molecular weight excluding hydrogens is 513 g/mol. The van der Waals surface area contributed by atoms with Crippen molar-refractivity contribution in [1.29, 1.82) is 5.26 Å². The van der Waals surface area contributed by atoms with E-state index >= 15 is 0 Å². The van der Waals surface area contributed by atoms with Gasteiger partial charge in [0.1, 0.15) is 23.5 Å². The molecule has 0 aromatic heterocycles. The lowest BCUT2D eigenvalue weighted by Gasteiger charge is -2.46. The van der Waals surface area contributed by atoms with Gasteiger partial charge in [0.15, 0.2) is 0 Å². The van der Waals surface area contributed by atoms with Crippen molar-refractivity contribution in [3.8, 4) is 6.07 Å². The minimum absolute atomic E-state index is 0.0237. The number of piperazine rings is 1. The molecule has 5 fully saturated rings. The minimum Gasteiger partial charge on any atom is -0.444 e. The molecule has 1 aromatic rings. The zero-order chi connectivity index (χ0) is 28.4. The van der Waals surface area contributed by atoms with E-state index in [1.165, 1.54) is 12.1 Å². The van der Waals surface area contributed by atoms with Crippen LogP contribution in [0.1, 0.15) is 71.3 Å². The van der Waals surface area contributed by atoms with Gasteiger partial charge < -0.3 is 19.9 Å². The van der Waals surface area contributed by atoms with E-state index in [2.05, 4.69) is 11.4 Å². The van der Waals surface area contributed by atoms with Crippen molar-refractivity contribution in [3.05, 3.63) is 35.6 Å². The molecule has 2 saturated carbocycles. The second kappa shape index (κ2) is 9.72. The molecule has 5 aliphatic rings. The van der Waals surface area contributed by atoms with E-state index in [-0.39, 0.29) is 36.3 Å². The number of rotatable bonds is 6. The van der Waals surface area contributed by atoms with Crippen LogP contribution in [0.25, 0.3) is 0 Å². The molecule has 3 amide bonds. The summed E-state index contributed by atoms with van der Waals surface area (Å²) in [7, 11) is 0. The molecule has 6 atom stereocenters. The number of amides is 3. The average Bonchev–Trinajstić information content (AvgIpc) is 3.29. The molecule has 40 heavy (non-hydrogen) atoms. The number of carbonyl (C=O) groups is 3. The lowest BCUT2D eigenvalue weighted by Crippen LogP contribution is -2.61. The van der Waals surface area contributed by atoms with Crippen LogP contribution in [-0.2, 0) is 19.9 Å². The zero-order valence-corrected chi connectivity index (χ0v) is 23.4. The van der Waals surface area contributed by atoms with Crippen molar-refractivity contribution in [2.75, 3.05) is 13.1 Å². The van der Waals surface area contributed by atoms with Crippen LogP contribution in [-0.4, -0.2) is 81.5 Å². The zero-order valence-electron chi connectivity index (χ0n) is 23.4. The largest absolute Gasteiger partial charge is 0.444 e. The molecule has 3 saturated heterocycles. The molecule has 1 aromatic carbocycles. The summed E-state index contributed by atoms with van der Waals surface area (Å²) in [6, 6.07) is 7.02. The van der Waals surface area contributed by atoms with Crippen LogP contribution in [0.2, 0.25) is 0 Å². The number of benzene rings is 1. The molecule has 1 N–H and O–H groups in total. The lowest BCUT2D eigenvalue weighted by molar-refractivity contribution is -0.146. The third-order valence-corrected chi connectivity index (χ3v) is 9.46. The van der Waals surface area contributed by atoms with Crippen LogP contribution < -0.4 is 5.32 Å². The highest BCUT2D eigenvalue weighted by molar-refractivity contribution is 5.89. The first-order valence-electron chi connectivity index (χ1n) is 14.6. The van der Waals surface area contributed by atoms with Gasteiger partial charge in [-0.2, -0.15) is 5.26 Å². The van der Waals surface area contributed by atoms with Gasteiger partial charge in [-0.05, 0) is 76.5 Å². The minimum atomic E-state index is -0.928. The Hall–Kier alpha value is -3.19. The highest BCUT2D eigenvalue weighted by Crippen LogP contribution is 2.50. The monoisotopic (exact) mass is 551 g/mol. The third-order valence-electron chi connectivity index (χ3n) is 9.46. The van der Waals surface area contributed by atoms with Gasteiger partial charge in [0.25, 0.3) is 0 Å². The Morgan fingerprint density at radius 2 is 1.88 bits per heavy atom. The van der Waals surface area contributed by atoms with Crippen molar-refractivity contribution in [2.24, 2.45) is 5.92 Å². The smallest absolute Gasteiger partial charge is 0.408 e. The number of ether oxygens (including phenoxy) is 1. The fourth-order valence-electron chi connectivity index (χ4n) is 7.75. The summed E-state index contributed by atoms with van der Waals surface area (Å²) >= 11 is 0. The van der Waals surface area contributed by atoms with Crippen molar-refractivity contribution >= 4 is 17.9 Å². The highest BCUT2D eigenvalue weighted by Gasteiger charge is 2.59. The van der Waals surface area contributed by atoms with Crippen molar-refractivity contribution in [3.63, 3.8) is 0 Å².